The van der Waals surface area contributed by atoms with Crippen LogP contribution in [-0.4, -0.2) is 23.0 Å². The van der Waals surface area contributed by atoms with Gasteiger partial charge in [-0.05, 0) is 53.1 Å². The smallest absolute Gasteiger partial charge is 0.290 e. The molecule has 6 heteroatoms. The van der Waals surface area contributed by atoms with Crippen molar-refractivity contribution >= 4 is 39.0 Å². The molecule has 0 bridgehead atoms. The molecule has 1 amide bonds. The van der Waals surface area contributed by atoms with Gasteiger partial charge in [0.05, 0.1) is 13.2 Å². The zero-order chi connectivity index (χ0) is 21.3. The highest BCUT2D eigenvalue weighted by Crippen LogP contribution is 2.44. The minimum Gasteiger partial charge on any atom is -0.503 e. The average Bonchev–Trinajstić information content (AvgIpc) is 3.00. The maximum absolute atomic E-state index is 13.1. The normalized spacial score (nSPS) is 16.3. The molecule has 1 aliphatic rings. The van der Waals surface area contributed by atoms with Crippen LogP contribution in [-0.2, 0) is 11.3 Å². The summed E-state index contributed by atoms with van der Waals surface area (Å²) < 4.78 is 6.15. The van der Waals surface area contributed by atoms with E-state index in [1.165, 1.54) is 0 Å². The Kier molecular flexibility index (Phi) is 5.84. The SMILES string of the molecule is COc1ccc(C2=C(O)C(=O)N(Cc3ccc(Cl)cc3)[C@H]2c2cccc(Br)c2)cc1. The topological polar surface area (TPSA) is 49.8 Å². The summed E-state index contributed by atoms with van der Waals surface area (Å²) >= 11 is 9.52. The Labute approximate surface area is 188 Å². The van der Waals surface area contributed by atoms with Crippen molar-refractivity contribution < 1.29 is 14.6 Å². The fraction of sp³-hybridized carbons (Fsp3) is 0.125. The van der Waals surface area contributed by atoms with E-state index in [2.05, 4.69) is 15.9 Å². The molecule has 4 rings (SSSR count). The molecule has 0 saturated heterocycles. The summed E-state index contributed by atoms with van der Waals surface area (Å²) in [6.45, 7) is 0.344. The van der Waals surface area contributed by atoms with Gasteiger partial charge in [0.2, 0.25) is 0 Å². The van der Waals surface area contributed by atoms with Crippen LogP contribution in [0.4, 0.5) is 0 Å². The lowest BCUT2D eigenvalue weighted by molar-refractivity contribution is -0.130. The van der Waals surface area contributed by atoms with Gasteiger partial charge in [-0.2, -0.15) is 0 Å². The Morgan fingerprint density at radius 2 is 1.77 bits per heavy atom. The number of hydrogen-bond donors (Lipinski definition) is 1. The van der Waals surface area contributed by atoms with E-state index < -0.39 is 11.9 Å². The number of benzene rings is 3. The minimum atomic E-state index is -0.431. The van der Waals surface area contributed by atoms with Gasteiger partial charge in [-0.1, -0.05) is 63.9 Å². The number of halogens is 2. The standard InChI is InChI=1S/C24H19BrClNO3/c1-30-20-11-7-16(8-12-20)21-22(17-3-2-4-18(25)13-17)27(24(29)23(21)28)14-15-5-9-19(26)10-6-15/h2-13,22,28H,14H2,1H3/t22-/m0/s1. The second kappa shape index (κ2) is 8.54. The third-order valence-corrected chi connectivity index (χ3v) is 5.88. The molecular weight excluding hydrogens is 466 g/mol. The summed E-state index contributed by atoms with van der Waals surface area (Å²) in [5, 5.41) is 11.5. The van der Waals surface area contributed by atoms with Crippen molar-refractivity contribution in [2.45, 2.75) is 12.6 Å². The summed E-state index contributed by atoms with van der Waals surface area (Å²) in [6, 6.07) is 22.1. The molecule has 0 aliphatic carbocycles. The second-order valence-corrected chi connectivity index (χ2v) is 8.36. The van der Waals surface area contributed by atoms with Crippen LogP contribution in [0.5, 0.6) is 5.75 Å². The van der Waals surface area contributed by atoms with Crippen LogP contribution in [0.3, 0.4) is 0 Å². The first kappa shape index (κ1) is 20.5. The fourth-order valence-electron chi connectivity index (χ4n) is 3.69. The predicted octanol–water partition coefficient (Wildman–Crippen LogP) is 6.16. The number of rotatable bonds is 5. The first-order valence-electron chi connectivity index (χ1n) is 9.36. The molecule has 0 fully saturated rings. The van der Waals surface area contributed by atoms with Crippen LogP contribution in [0.1, 0.15) is 22.7 Å². The molecule has 30 heavy (non-hydrogen) atoms. The van der Waals surface area contributed by atoms with Crippen molar-refractivity contribution in [1.82, 2.24) is 4.90 Å². The Morgan fingerprint density at radius 3 is 2.40 bits per heavy atom. The van der Waals surface area contributed by atoms with Crippen molar-refractivity contribution in [2.75, 3.05) is 7.11 Å². The number of carbonyl (C=O) groups excluding carboxylic acids is 1. The molecular formula is C24H19BrClNO3. The van der Waals surface area contributed by atoms with Gasteiger partial charge in [0, 0.05) is 21.6 Å². The number of amides is 1. The molecule has 0 spiro atoms. The van der Waals surface area contributed by atoms with E-state index in [0.29, 0.717) is 22.9 Å². The molecule has 4 nitrogen and oxygen atoms in total. The molecule has 1 aliphatic heterocycles. The first-order chi connectivity index (χ1) is 14.5. The third-order valence-electron chi connectivity index (χ3n) is 5.14. The summed E-state index contributed by atoms with van der Waals surface area (Å²) in [6.07, 6.45) is 0. The molecule has 152 valence electrons. The number of aliphatic hydroxyl groups is 1. The van der Waals surface area contributed by atoms with Gasteiger partial charge in [0.15, 0.2) is 5.76 Å². The lowest BCUT2D eigenvalue weighted by Gasteiger charge is -2.27. The molecule has 0 radical (unpaired) electrons. The van der Waals surface area contributed by atoms with Gasteiger partial charge in [-0.25, -0.2) is 0 Å². The summed E-state index contributed by atoms with van der Waals surface area (Å²) in [5.74, 6) is 0.0695. The van der Waals surface area contributed by atoms with E-state index in [9.17, 15) is 9.90 Å². The number of ether oxygens (including phenoxy) is 1. The van der Waals surface area contributed by atoms with Gasteiger partial charge in [0.1, 0.15) is 5.75 Å². The van der Waals surface area contributed by atoms with Gasteiger partial charge in [0.25, 0.3) is 5.91 Å². The second-order valence-electron chi connectivity index (χ2n) is 7.01. The number of hydrogen-bond acceptors (Lipinski definition) is 3. The van der Waals surface area contributed by atoms with Crippen molar-refractivity contribution in [2.24, 2.45) is 0 Å². The summed E-state index contributed by atoms with van der Waals surface area (Å²) in [7, 11) is 1.60. The number of carbonyl (C=O) groups is 1. The van der Waals surface area contributed by atoms with Crippen LogP contribution in [0.15, 0.2) is 83.0 Å². The molecule has 0 aromatic heterocycles. The Hall–Kier alpha value is -2.76. The Balaban J connectivity index is 1.80. The van der Waals surface area contributed by atoms with E-state index in [0.717, 1.165) is 21.2 Å². The van der Waals surface area contributed by atoms with Crippen LogP contribution in [0.2, 0.25) is 5.02 Å². The maximum Gasteiger partial charge on any atom is 0.290 e. The van der Waals surface area contributed by atoms with Crippen molar-refractivity contribution in [1.29, 1.82) is 0 Å². The van der Waals surface area contributed by atoms with Gasteiger partial charge in [-0.3, -0.25) is 4.79 Å². The largest absolute Gasteiger partial charge is 0.503 e. The number of aliphatic hydroxyl groups excluding tert-OH is 1. The number of methoxy groups -OCH3 is 1. The molecule has 3 aromatic carbocycles. The Morgan fingerprint density at radius 1 is 1.07 bits per heavy atom. The lowest BCUT2D eigenvalue weighted by atomic mass is 9.93. The monoisotopic (exact) mass is 483 g/mol. The maximum atomic E-state index is 13.1. The molecule has 1 N–H and O–H groups in total. The van der Waals surface area contributed by atoms with Crippen LogP contribution in [0, 0.1) is 0 Å². The summed E-state index contributed by atoms with van der Waals surface area (Å²) in [4.78, 5) is 14.8. The van der Waals surface area contributed by atoms with Crippen molar-refractivity contribution in [3.8, 4) is 5.75 Å². The Bertz CT molecular complexity index is 1110. The van der Waals surface area contributed by atoms with E-state index in [-0.39, 0.29) is 5.76 Å². The van der Waals surface area contributed by atoms with Crippen molar-refractivity contribution in [3.05, 3.63) is 105 Å². The van der Waals surface area contributed by atoms with Crippen LogP contribution < -0.4 is 4.74 Å². The van der Waals surface area contributed by atoms with E-state index in [1.807, 2.05) is 60.7 Å². The first-order valence-corrected chi connectivity index (χ1v) is 10.5. The van der Waals surface area contributed by atoms with Gasteiger partial charge >= 0.3 is 0 Å². The molecule has 0 unspecified atom stereocenters. The molecule has 0 saturated carbocycles. The average molecular weight is 485 g/mol. The predicted molar refractivity (Wildman–Crippen MR) is 121 cm³/mol. The van der Waals surface area contributed by atoms with E-state index >= 15 is 0 Å². The van der Waals surface area contributed by atoms with Gasteiger partial charge in [-0.15, -0.1) is 0 Å². The highest BCUT2D eigenvalue weighted by Gasteiger charge is 2.41. The van der Waals surface area contributed by atoms with Gasteiger partial charge < -0.3 is 14.7 Å². The number of nitrogens with zero attached hydrogens (tertiary/aromatic N) is 1. The summed E-state index contributed by atoms with van der Waals surface area (Å²) in [5.41, 5.74) is 3.18. The van der Waals surface area contributed by atoms with Crippen LogP contribution in [0.25, 0.3) is 5.57 Å². The minimum absolute atomic E-state index is 0.237. The quantitative estimate of drug-likeness (QED) is 0.471. The van der Waals surface area contributed by atoms with E-state index in [4.69, 9.17) is 16.3 Å². The fourth-order valence-corrected chi connectivity index (χ4v) is 4.23. The van der Waals surface area contributed by atoms with Crippen LogP contribution >= 0.6 is 27.5 Å². The highest BCUT2D eigenvalue weighted by atomic mass is 79.9. The zero-order valence-electron chi connectivity index (χ0n) is 16.2. The van der Waals surface area contributed by atoms with Crippen molar-refractivity contribution in [3.63, 3.8) is 0 Å². The highest BCUT2D eigenvalue weighted by molar-refractivity contribution is 9.10. The van der Waals surface area contributed by atoms with E-state index in [1.54, 1.807) is 24.1 Å². The zero-order valence-corrected chi connectivity index (χ0v) is 18.5. The lowest BCUT2D eigenvalue weighted by Crippen LogP contribution is -2.29. The molecule has 3 aromatic rings. The third kappa shape index (κ3) is 3.95. The molecule has 1 heterocycles. The molecule has 1 atom stereocenters.